The Hall–Kier alpha value is -3.21. The van der Waals surface area contributed by atoms with E-state index in [-0.39, 0.29) is 6.61 Å². The summed E-state index contributed by atoms with van der Waals surface area (Å²) < 4.78 is 22.6. The third kappa shape index (κ3) is 5.59. The van der Waals surface area contributed by atoms with Crippen LogP contribution >= 0.6 is 0 Å². The number of ether oxygens (including phenoxy) is 4. The molecule has 0 spiro atoms. The number of nitrogens with one attached hydrogen (secondary N) is 1. The van der Waals surface area contributed by atoms with E-state index in [1.165, 1.54) is 27.0 Å². The number of H-pyrrole nitrogens is 1. The normalized spacial score (nSPS) is 24.2. The molecule has 1 aromatic carbocycles. The van der Waals surface area contributed by atoms with Gasteiger partial charge in [-0.2, -0.15) is 0 Å². The summed E-state index contributed by atoms with van der Waals surface area (Å²) in [5.74, 6) is -2.00. The number of nitrogens with zero attached hydrogens (tertiary/aromatic N) is 1. The van der Waals surface area contributed by atoms with Gasteiger partial charge in [0, 0.05) is 0 Å². The van der Waals surface area contributed by atoms with E-state index in [2.05, 4.69) is 4.98 Å². The summed E-state index contributed by atoms with van der Waals surface area (Å²) in [4.78, 5) is 62.2. The monoisotopic (exact) mass is 526 g/mol. The van der Waals surface area contributed by atoms with Crippen LogP contribution in [0.2, 0.25) is 0 Å². The van der Waals surface area contributed by atoms with Crippen molar-refractivity contribution >= 4 is 37.3 Å². The first-order chi connectivity index (χ1) is 15.6. The molecule has 2 aromatic rings. The molecule has 4 atom stereocenters. The molecule has 3 rings (SSSR count). The number of carbonyl (C=O) groups is 3. The fourth-order valence-corrected chi connectivity index (χ4v) is 6.19. The second-order valence-electron chi connectivity index (χ2n) is 7.09. The van der Waals surface area contributed by atoms with Crippen LogP contribution in [0.1, 0.15) is 20.8 Å². The average molecular weight is 525 g/mol. The van der Waals surface area contributed by atoms with E-state index in [0.717, 1.165) is 15.1 Å². The Morgan fingerprint density at radius 3 is 2.27 bits per heavy atom. The SMILES string of the molecule is CC(=O)OC[C@H]1O[C@@]([Se]c2ccccc2)(n2ccc(=O)[nH]c2=O)[C@H](OC(C)=O)[C@@H]1OC(C)=O. The van der Waals surface area contributed by atoms with Crippen LogP contribution in [0, 0.1) is 0 Å². The molecule has 0 radical (unpaired) electrons. The molecule has 2 heterocycles. The van der Waals surface area contributed by atoms with E-state index in [0.29, 0.717) is 0 Å². The number of carbonyl (C=O) groups excluding carboxylic acids is 3. The fourth-order valence-electron chi connectivity index (χ4n) is 3.38. The molecule has 1 aliphatic heterocycles. The van der Waals surface area contributed by atoms with Gasteiger partial charge in [0.1, 0.15) is 0 Å². The molecule has 1 N–H and O–H groups in total. The zero-order valence-electron chi connectivity index (χ0n) is 18.0. The number of esters is 3. The van der Waals surface area contributed by atoms with Crippen molar-refractivity contribution in [2.45, 2.75) is 43.7 Å². The third-order valence-corrected chi connectivity index (χ3v) is 7.34. The number of aromatic nitrogens is 2. The van der Waals surface area contributed by atoms with Crippen LogP contribution in [0.25, 0.3) is 0 Å². The molecule has 176 valence electrons. The van der Waals surface area contributed by atoms with Gasteiger partial charge in [-0.15, -0.1) is 0 Å². The quantitative estimate of drug-likeness (QED) is 0.274. The van der Waals surface area contributed by atoms with Crippen LogP contribution in [0.3, 0.4) is 0 Å². The van der Waals surface area contributed by atoms with Crippen molar-refractivity contribution in [1.29, 1.82) is 0 Å². The van der Waals surface area contributed by atoms with Crippen LogP contribution < -0.4 is 15.7 Å². The fraction of sp³-hybridized carbons (Fsp3) is 0.381. The third-order valence-electron chi connectivity index (χ3n) is 4.56. The van der Waals surface area contributed by atoms with Gasteiger partial charge in [0.25, 0.3) is 0 Å². The molecule has 1 saturated heterocycles. The molecular formula is C21H22N2O9Se. The molecule has 0 unspecified atom stereocenters. The molecule has 0 saturated carbocycles. The molecular weight excluding hydrogens is 503 g/mol. The molecule has 12 heteroatoms. The topological polar surface area (TPSA) is 143 Å². The number of rotatable bonds is 7. The molecule has 1 aliphatic rings. The molecule has 1 fully saturated rings. The first-order valence-corrected chi connectivity index (χ1v) is 11.6. The van der Waals surface area contributed by atoms with Crippen LogP contribution in [-0.2, 0) is 38.0 Å². The Morgan fingerprint density at radius 2 is 1.70 bits per heavy atom. The van der Waals surface area contributed by atoms with Gasteiger partial charge in [-0.1, -0.05) is 0 Å². The zero-order valence-corrected chi connectivity index (χ0v) is 19.7. The standard InChI is InChI=1S/C21H22N2O9Se/c1-12(24)29-11-16-18(30-13(2)25)19(31-14(3)26)21(32-16,33-15-7-5-4-6-8-15)23-10-9-17(27)22-20(23)28/h4-10,16,18-19H,11H2,1-3H3,(H,22,27,28)/t16-,18-,19-,21+/m1/s1. The Bertz CT molecular complexity index is 1150. The first kappa shape index (κ1) is 24.4. The van der Waals surface area contributed by atoms with E-state index >= 15 is 0 Å². The molecule has 1 aromatic heterocycles. The predicted molar refractivity (Wildman–Crippen MR) is 114 cm³/mol. The van der Waals surface area contributed by atoms with Crippen molar-refractivity contribution in [1.82, 2.24) is 9.55 Å². The van der Waals surface area contributed by atoms with Crippen molar-refractivity contribution in [2.75, 3.05) is 6.61 Å². The predicted octanol–water partition coefficient (Wildman–Crippen LogP) is -0.998. The van der Waals surface area contributed by atoms with Crippen molar-refractivity contribution in [2.24, 2.45) is 0 Å². The van der Waals surface area contributed by atoms with Crippen LogP contribution in [0.4, 0.5) is 0 Å². The number of aromatic amines is 1. The number of benzene rings is 1. The Labute approximate surface area is 194 Å². The second kappa shape index (κ2) is 10.2. The van der Waals surface area contributed by atoms with Crippen molar-refractivity contribution in [3.8, 4) is 0 Å². The first-order valence-electron chi connectivity index (χ1n) is 9.84. The van der Waals surface area contributed by atoms with E-state index < -0.39 is 67.0 Å². The summed E-state index contributed by atoms with van der Waals surface area (Å²) in [6.07, 6.45) is -2.33. The van der Waals surface area contributed by atoms with Gasteiger partial charge >= 0.3 is 194 Å². The summed E-state index contributed by atoms with van der Waals surface area (Å²) in [6.45, 7) is 3.21. The van der Waals surface area contributed by atoms with Crippen molar-refractivity contribution in [3.63, 3.8) is 0 Å². The zero-order chi connectivity index (χ0) is 24.2. The molecule has 0 aliphatic carbocycles. The molecule has 0 amide bonds. The van der Waals surface area contributed by atoms with Crippen molar-refractivity contribution in [3.05, 3.63) is 63.4 Å². The molecule has 0 bridgehead atoms. The summed E-state index contributed by atoms with van der Waals surface area (Å²) in [5.41, 5.74) is -1.44. The van der Waals surface area contributed by atoms with Crippen molar-refractivity contribution < 1.29 is 33.3 Å². The minimum atomic E-state index is -1.67. The summed E-state index contributed by atoms with van der Waals surface area (Å²) in [7, 11) is 0. The number of hydrogen-bond acceptors (Lipinski definition) is 9. The van der Waals surface area contributed by atoms with E-state index in [4.69, 9.17) is 18.9 Å². The Balaban J connectivity index is 2.22. The minimum absolute atomic E-state index is 0.324. The van der Waals surface area contributed by atoms with Gasteiger partial charge in [0.05, 0.1) is 0 Å². The van der Waals surface area contributed by atoms with Crippen LogP contribution in [-0.4, -0.2) is 67.3 Å². The molecule has 11 nitrogen and oxygen atoms in total. The van der Waals surface area contributed by atoms with Gasteiger partial charge < -0.3 is 0 Å². The van der Waals surface area contributed by atoms with Gasteiger partial charge in [-0.05, 0) is 0 Å². The Kier molecular flexibility index (Phi) is 7.52. The van der Waals surface area contributed by atoms with E-state index in [1.54, 1.807) is 24.3 Å². The van der Waals surface area contributed by atoms with Crippen LogP contribution in [0.15, 0.2) is 52.2 Å². The summed E-state index contributed by atoms with van der Waals surface area (Å²) >= 11 is -0.764. The molecule has 33 heavy (non-hydrogen) atoms. The van der Waals surface area contributed by atoms with Gasteiger partial charge in [-0.25, -0.2) is 0 Å². The maximum absolute atomic E-state index is 12.9. The van der Waals surface area contributed by atoms with Gasteiger partial charge in [0.2, 0.25) is 0 Å². The second-order valence-corrected chi connectivity index (χ2v) is 9.73. The average Bonchev–Trinajstić information content (AvgIpc) is 2.99. The van der Waals surface area contributed by atoms with Crippen LogP contribution in [0.5, 0.6) is 0 Å². The van der Waals surface area contributed by atoms with Gasteiger partial charge in [0.15, 0.2) is 0 Å². The van der Waals surface area contributed by atoms with E-state index in [1.807, 2.05) is 6.07 Å². The van der Waals surface area contributed by atoms with E-state index in [9.17, 15) is 24.0 Å². The summed E-state index contributed by atoms with van der Waals surface area (Å²) in [6, 6.07) is 10.1. The maximum atomic E-state index is 12.9. The van der Waals surface area contributed by atoms with Gasteiger partial charge in [-0.3, -0.25) is 0 Å². The Morgan fingerprint density at radius 1 is 1.03 bits per heavy atom. The summed E-state index contributed by atoms with van der Waals surface area (Å²) in [5, 5.41) is 0. The number of hydrogen-bond donors (Lipinski definition) is 1.